The van der Waals surface area contributed by atoms with E-state index in [9.17, 15) is 4.79 Å². The molecule has 0 radical (unpaired) electrons. The first-order valence-corrected chi connectivity index (χ1v) is 11.3. The Balaban J connectivity index is 1.59. The fourth-order valence-corrected chi connectivity index (χ4v) is 4.81. The number of piperidine rings is 1. The lowest BCUT2D eigenvalue weighted by Crippen LogP contribution is -2.42. The summed E-state index contributed by atoms with van der Waals surface area (Å²) in [6, 6.07) is 6.58. The largest absolute Gasteiger partial charge is 0.344 e. The lowest BCUT2D eigenvalue weighted by atomic mass is 9.92. The predicted molar refractivity (Wildman–Crippen MR) is 120 cm³/mol. The molecule has 10 heteroatoms. The highest BCUT2D eigenvalue weighted by molar-refractivity contribution is 6.42. The third kappa shape index (κ3) is 3.57. The van der Waals surface area contributed by atoms with Crippen molar-refractivity contribution < 1.29 is 9.32 Å². The van der Waals surface area contributed by atoms with Crippen LogP contribution >= 0.6 is 23.2 Å². The number of nitrogens with one attached hydrogen (secondary N) is 1. The van der Waals surface area contributed by atoms with Crippen molar-refractivity contribution in [2.45, 2.75) is 45.2 Å². The molecule has 0 bridgehead atoms. The van der Waals surface area contributed by atoms with E-state index in [1.165, 1.54) is 0 Å². The van der Waals surface area contributed by atoms with E-state index in [2.05, 4.69) is 20.6 Å². The van der Waals surface area contributed by atoms with Crippen LogP contribution in [0.1, 0.15) is 55.5 Å². The number of aryl methyl sites for hydroxylation is 1. The summed E-state index contributed by atoms with van der Waals surface area (Å²) in [5.41, 5.74) is 2.20. The molecule has 32 heavy (non-hydrogen) atoms. The van der Waals surface area contributed by atoms with E-state index in [4.69, 9.17) is 27.7 Å². The fraction of sp³-hybridized carbons (Fsp3) is 0.364. The number of allylic oxidation sites excluding steroid dienone is 1. The van der Waals surface area contributed by atoms with Crippen LogP contribution in [0.3, 0.4) is 0 Å². The first-order chi connectivity index (χ1) is 15.4. The minimum absolute atomic E-state index is 0.0900. The van der Waals surface area contributed by atoms with Crippen molar-refractivity contribution in [1.29, 1.82) is 0 Å². The quantitative estimate of drug-likeness (QED) is 0.581. The monoisotopic (exact) mass is 472 g/mol. The first-order valence-electron chi connectivity index (χ1n) is 10.5. The van der Waals surface area contributed by atoms with Gasteiger partial charge in [0.15, 0.2) is 5.82 Å². The van der Waals surface area contributed by atoms with Gasteiger partial charge in [-0.1, -0.05) is 34.4 Å². The maximum Gasteiger partial charge on any atom is 0.254 e. The summed E-state index contributed by atoms with van der Waals surface area (Å²) in [6.45, 7) is 4.30. The summed E-state index contributed by atoms with van der Waals surface area (Å²) in [6.07, 6.45) is 4.39. The van der Waals surface area contributed by atoms with Crippen LogP contribution < -0.4 is 5.32 Å². The van der Waals surface area contributed by atoms with Gasteiger partial charge in [-0.15, -0.1) is 0 Å². The average Bonchev–Trinajstić information content (AvgIpc) is 3.43. The normalized spacial score (nSPS) is 20.8. The highest BCUT2D eigenvalue weighted by atomic mass is 35.5. The lowest BCUT2D eigenvalue weighted by molar-refractivity contribution is -0.132. The second-order valence-corrected chi connectivity index (χ2v) is 8.91. The standard InChI is InChI=1S/C22H22Cl2N6O2/c1-12-19(22(31)29-10-4-3-5-17(29)21-27-13(2)28-32-21)20(30-18(26-12)8-9-25-30)14-6-7-15(23)16(24)11-14/h6-9,11,17,20,26H,3-5,10H2,1-2H3. The number of likely N-dealkylation sites (tertiary alicyclic amines) is 1. The zero-order valence-corrected chi connectivity index (χ0v) is 19.2. The van der Waals surface area contributed by atoms with Crippen molar-refractivity contribution in [2.24, 2.45) is 0 Å². The number of benzene rings is 1. The number of amides is 1. The Kier molecular flexibility index (Phi) is 5.43. The Bertz CT molecular complexity index is 1220. The van der Waals surface area contributed by atoms with Crippen molar-refractivity contribution in [3.05, 3.63) is 69.1 Å². The Hall–Kier alpha value is -2.84. The van der Waals surface area contributed by atoms with E-state index in [1.54, 1.807) is 29.9 Å². The molecule has 0 spiro atoms. The zero-order valence-electron chi connectivity index (χ0n) is 17.7. The molecule has 4 heterocycles. The molecule has 1 amide bonds. The number of hydrogen-bond donors (Lipinski definition) is 1. The maximum absolute atomic E-state index is 14.1. The molecule has 0 aliphatic carbocycles. The second kappa shape index (κ2) is 8.26. The van der Waals surface area contributed by atoms with Crippen LogP contribution in [0.5, 0.6) is 0 Å². The molecule has 2 aliphatic heterocycles. The Morgan fingerprint density at radius 2 is 2.03 bits per heavy atom. The van der Waals surface area contributed by atoms with Gasteiger partial charge in [0.05, 0.1) is 21.8 Å². The number of nitrogens with zero attached hydrogens (tertiary/aromatic N) is 5. The van der Waals surface area contributed by atoms with Crippen LogP contribution in [0.2, 0.25) is 10.0 Å². The fourth-order valence-electron chi connectivity index (χ4n) is 4.51. The average molecular weight is 473 g/mol. The Labute approximate surface area is 195 Å². The van der Waals surface area contributed by atoms with Crippen molar-refractivity contribution >= 4 is 34.9 Å². The number of hydrogen-bond acceptors (Lipinski definition) is 6. The van der Waals surface area contributed by atoms with Crippen molar-refractivity contribution in [1.82, 2.24) is 24.8 Å². The molecule has 8 nitrogen and oxygen atoms in total. The van der Waals surface area contributed by atoms with Gasteiger partial charge in [0.1, 0.15) is 17.9 Å². The molecule has 1 aromatic carbocycles. The van der Waals surface area contributed by atoms with Gasteiger partial charge in [0.25, 0.3) is 5.91 Å². The summed E-state index contributed by atoms with van der Waals surface area (Å²) in [4.78, 5) is 20.3. The minimum Gasteiger partial charge on any atom is -0.344 e. The van der Waals surface area contributed by atoms with Crippen LogP contribution in [0.4, 0.5) is 5.82 Å². The van der Waals surface area contributed by atoms with Gasteiger partial charge in [-0.05, 0) is 50.8 Å². The van der Waals surface area contributed by atoms with Gasteiger partial charge in [0.2, 0.25) is 5.89 Å². The number of carbonyl (C=O) groups excluding carboxylic acids is 1. The summed E-state index contributed by atoms with van der Waals surface area (Å²) in [5, 5.41) is 12.6. The van der Waals surface area contributed by atoms with Gasteiger partial charge in [-0.25, -0.2) is 4.68 Å². The van der Waals surface area contributed by atoms with E-state index in [1.807, 2.05) is 24.0 Å². The molecule has 2 aliphatic rings. The summed E-state index contributed by atoms with van der Waals surface area (Å²) in [5.74, 6) is 1.75. The van der Waals surface area contributed by atoms with Crippen molar-refractivity contribution in [3.63, 3.8) is 0 Å². The van der Waals surface area contributed by atoms with Crippen LogP contribution in [0, 0.1) is 6.92 Å². The van der Waals surface area contributed by atoms with E-state index in [0.717, 1.165) is 36.3 Å². The lowest BCUT2D eigenvalue weighted by Gasteiger charge is -2.37. The predicted octanol–water partition coefficient (Wildman–Crippen LogP) is 4.92. The molecular formula is C22H22Cl2N6O2. The molecule has 5 rings (SSSR count). The van der Waals surface area contributed by atoms with Crippen LogP contribution in [0.25, 0.3) is 0 Å². The summed E-state index contributed by atoms with van der Waals surface area (Å²) in [7, 11) is 0. The molecule has 1 N–H and O–H groups in total. The van der Waals surface area contributed by atoms with E-state index < -0.39 is 6.04 Å². The number of anilines is 1. The molecule has 3 aromatic rings. The Morgan fingerprint density at radius 3 is 2.78 bits per heavy atom. The number of fused-ring (bicyclic) bond motifs is 1. The number of carbonyl (C=O) groups is 1. The molecule has 0 saturated carbocycles. The van der Waals surface area contributed by atoms with Crippen molar-refractivity contribution in [2.75, 3.05) is 11.9 Å². The maximum atomic E-state index is 14.1. The molecular weight excluding hydrogens is 451 g/mol. The first kappa shape index (κ1) is 21.0. The van der Waals surface area contributed by atoms with Gasteiger partial charge in [-0.3, -0.25) is 4.79 Å². The summed E-state index contributed by atoms with van der Waals surface area (Å²) >= 11 is 12.5. The second-order valence-electron chi connectivity index (χ2n) is 8.09. The highest BCUT2D eigenvalue weighted by Gasteiger charge is 2.39. The Morgan fingerprint density at radius 1 is 1.19 bits per heavy atom. The van der Waals surface area contributed by atoms with Crippen LogP contribution in [-0.4, -0.2) is 37.3 Å². The SMILES string of the molecule is CC1=C(C(=O)N2CCCCC2c2nc(C)no2)C(c2ccc(Cl)c(Cl)c2)n2nccc2N1. The molecule has 2 unspecified atom stereocenters. The molecule has 2 atom stereocenters. The number of aromatic nitrogens is 4. The molecule has 2 aromatic heterocycles. The molecule has 166 valence electrons. The zero-order chi connectivity index (χ0) is 22.4. The topological polar surface area (TPSA) is 89.1 Å². The van der Waals surface area contributed by atoms with Gasteiger partial charge in [-0.2, -0.15) is 10.1 Å². The van der Waals surface area contributed by atoms with Crippen molar-refractivity contribution in [3.8, 4) is 0 Å². The van der Waals surface area contributed by atoms with Gasteiger partial charge < -0.3 is 14.7 Å². The smallest absolute Gasteiger partial charge is 0.254 e. The van der Waals surface area contributed by atoms with Crippen LogP contribution in [0.15, 0.2) is 46.3 Å². The van der Waals surface area contributed by atoms with E-state index in [0.29, 0.717) is 33.9 Å². The number of rotatable bonds is 3. The van der Waals surface area contributed by atoms with E-state index in [-0.39, 0.29) is 11.9 Å². The minimum atomic E-state index is -0.449. The van der Waals surface area contributed by atoms with Crippen LogP contribution in [-0.2, 0) is 4.79 Å². The van der Waals surface area contributed by atoms with Gasteiger partial charge >= 0.3 is 0 Å². The number of halogens is 2. The molecule has 1 saturated heterocycles. The van der Waals surface area contributed by atoms with Gasteiger partial charge in [0, 0.05) is 18.3 Å². The molecule has 1 fully saturated rings. The third-order valence-corrected chi connectivity index (χ3v) is 6.73. The van der Waals surface area contributed by atoms with E-state index >= 15 is 0 Å². The highest BCUT2D eigenvalue weighted by Crippen LogP contribution is 2.40. The third-order valence-electron chi connectivity index (χ3n) is 5.99. The summed E-state index contributed by atoms with van der Waals surface area (Å²) < 4.78 is 7.25.